The molecule has 1 aliphatic rings. The number of anilines is 1. The van der Waals surface area contributed by atoms with E-state index in [1.807, 2.05) is 0 Å². The highest BCUT2D eigenvalue weighted by Gasteiger charge is 2.38. The zero-order chi connectivity index (χ0) is 17.6. The van der Waals surface area contributed by atoms with E-state index in [-0.39, 0.29) is 18.2 Å². The molecular formula is C14H23N3O6S. The number of hydrogen-bond acceptors (Lipinski definition) is 7. The van der Waals surface area contributed by atoms with Crippen LogP contribution in [-0.2, 0) is 24.3 Å². The summed E-state index contributed by atoms with van der Waals surface area (Å²) in [5.74, 6) is 0.285. The fourth-order valence-corrected chi connectivity index (χ4v) is 4.05. The number of rotatable bonds is 9. The van der Waals surface area contributed by atoms with Gasteiger partial charge in [-0.3, -0.25) is 4.79 Å². The lowest BCUT2D eigenvalue weighted by atomic mass is 10.2. The van der Waals surface area contributed by atoms with E-state index in [0.29, 0.717) is 38.4 Å². The van der Waals surface area contributed by atoms with E-state index in [1.54, 1.807) is 20.1 Å². The van der Waals surface area contributed by atoms with Crippen molar-refractivity contribution in [3.05, 3.63) is 11.8 Å². The Hall–Kier alpha value is -1.49. The second kappa shape index (κ2) is 8.56. The van der Waals surface area contributed by atoms with Crippen molar-refractivity contribution in [2.24, 2.45) is 0 Å². The van der Waals surface area contributed by atoms with Gasteiger partial charge < -0.3 is 19.3 Å². The van der Waals surface area contributed by atoms with Crippen LogP contribution in [0.1, 0.15) is 18.6 Å². The summed E-state index contributed by atoms with van der Waals surface area (Å²) in [4.78, 5) is 12.3. The zero-order valence-electron chi connectivity index (χ0n) is 13.9. The number of methoxy groups -OCH3 is 1. The van der Waals surface area contributed by atoms with E-state index in [4.69, 9.17) is 14.0 Å². The van der Waals surface area contributed by atoms with Crippen molar-refractivity contribution in [2.75, 3.05) is 44.5 Å². The topological polar surface area (TPSA) is 111 Å². The smallest absolute Gasteiger partial charge is 0.244 e. The van der Waals surface area contributed by atoms with E-state index < -0.39 is 22.0 Å². The molecule has 136 valence electrons. The van der Waals surface area contributed by atoms with Gasteiger partial charge in [0, 0.05) is 19.7 Å². The van der Waals surface area contributed by atoms with Crippen molar-refractivity contribution >= 4 is 21.7 Å². The van der Waals surface area contributed by atoms with Gasteiger partial charge in [0.25, 0.3) is 0 Å². The molecule has 0 bridgehead atoms. The number of nitrogens with zero attached hydrogens (tertiary/aromatic N) is 2. The molecule has 1 aromatic rings. The summed E-state index contributed by atoms with van der Waals surface area (Å²) < 4.78 is 41.0. The number of carbonyl (C=O) groups is 1. The number of hydrogen-bond donors (Lipinski definition) is 1. The van der Waals surface area contributed by atoms with Crippen molar-refractivity contribution in [1.82, 2.24) is 9.46 Å². The minimum Gasteiger partial charge on any atom is -0.382 e. The van der Waals surface area contributed by atoms with Crippen molar-refractivity contribution in [1.29, 1.82) is 0 Å². The maximum atomic E-state index is 12.4. The normalized spacial score (nSPS) is 18.8. The van der Waals surface area contributed by atoms with Crippen LogP contribution in [0.25, 0.3) is 0 Å². The molecule has 0 spiro atoms. The summed E-state index contributed by atoms with van der Waals surface area (Å²) in [7, 11) is -2.02. The third-order valence-electron chi connectivity index (χ3n) is 3.66. The first-order valence-electron chi connectivity index (χ1n) is 7.74. The summed E-state index contributed by atoms with van der Waals surface area (Å²) in [6.07, 6.45) is 1.12. The summed E-state index contributed by atoms with van der Waals surface area (Å²) in [6, 6.07) is 0.848. The van der Waals surface area contributed by atoms with Crippen LogP contribution in [-0.4, -0.2) is 69.1 Å². The maximum absolute atomic E-state index is 12.4. The Bertz CT molecular complexity index is 645. The van der Waals surface area contributed by atoms with Crippen LogP contribution in [0.4, 0.5) is 5.82 Å². The molecular weight excluding hydrogens is 338 g/mol. The molecule has 1 atom stereocenters. The van der Waals surface area contributed by atoms with E-state index in [0.717, 1.165) is 0 Å². The highest BCUT2D eigenvalue weighted by atomic mass is 32.2. The van der Waals surface area contributed by atoms with Gasteiger partial charge in [-0.15, -0.1) is 0 Å². The number of aryl methyl sites for hydroxylation is 1. The van der Waals surface area contributed by atoms with Gasteiger partial charge in [0.2, 0.25) is 15.9 Å². The van der Waals surface area contributed by atoms with Crippen LogP contribution in [0.2, 0.25) is 0 Å². The molecule has 0 aromatic carbocycles. The van der Waals surface area contributed by atoms with Gasteiger partial charge in [0.15, 0.2) is 5.82 Å². The van der Waals surface area contributed by atoms with Crippen LogP contribution in [0, 0.1) is 6.92 Å². The molecule has 1 fully saturated rings. The van der Waals surface area contributed by atoms with Gasteiger partial charge in [0.1, 0.15) is 11.8 Å². The number of sulfonamides is 1. The lowest BCUT2D eigenvalue weighted by Crippen LogP contribution is -2.44. The van der Waals surface area contributed by atoms with Crippen LogP contribution in [0.3, 0.4) is 0 Å². The highest BCUT2D eigenvalue weighted by Crippen LogP contribution is 2.23. The van der Waals surface area contributed by atoms with Gasteiger partial charge in [-0.1, -0.05) is 5.16 Å². The number of nitrogens with one attached hydrogen (secondary N) is 1. The summed E-state index contributed by atoms with van der Waals surface area (Å²) in [6.45, 7) is 2.85. The first-order chi connectivity index (χ1) is 11.4. The van der Waals surface area contributed by atoms with Crippen LogP contribution in [0.15, 0.2) is 10.6 Å². The van der Waals surface area contributed by atoms with Crippen molar-refractivity contribution in [3.8, 4) is 0 Å². The number of aromatic nitrogens is 1. The lowest BCUT2D eigenvalue weighted by Gasteiger charge is -2.22. The average molecular weight is 361 g/mol. The minimum absolute atomic E-state index is 0.0685. The van der Waals surface area contributed by atoms with Gasteiger partial charge in [-0.25, -0.2) is 8.42 Å². The molecule has 0 saturated carbocycles. The second-order valence-corrected chi connectivity index (χ2v) is 7.54. The van der Waals surface area contributed by atoms with Crippen LogP contribution in [0.5, 0.6) is 0 Å². The molecule has 1 aliphatic heterocycles. The van der Waals surface area contributed by atoms with E-state index in [9.17, 15) is 13.2 Å². The summed E-state index contributed by atoms with van der Waals surface area (Å²) >= 11 is 0. The minimum atomic E-state index is -3.57. The molecule has 2 heterocycles. The Labute approximate surface area is 141 Å². The lowest BCUT2D eigenvalue weighted by molar-refractivity contribution is -0.119. The Morgan fingerprint density at radius 2 is 2.25 bits per heavy atom. The zero-order valence-corrected chi connectivity index (χ0v) is 14.7. The molecule has 0 radical (unpaired) electrons. The van der Waals surface area contributed by atoms with Crippen molar-refractivity contribution in [2.45, 2.75) is 25.8 Å². The summed E-state index contributed by atoms with van der Waals surface area (Å²) in [5.41, 5.74) is 0. The Morgan fingerprint density at radius 1 is 1.46 bits per heavy atom. The molecule has 1 amide bonds. The van der Waals surface area contributed by atoms with Gasteiger partial charge >= 0.3 is 0 Å². The first-order valence-corrected chi connectivity index (χ1v) is 9.35. The third kappa shape index (κ3) is 5.00. The van der Waals surface area contributed by atoms with Gasteiger partial charge in [0.05, 0.1) is 25.6 Å². The summed E-state index contributed by atoms with van der Waals surface area (Å²) in [5, 5.41) is 6.28. The number of amides is 1. The van der Waals surface area contributed by atoms with Gasteiger partial charge in [-0.05, 0) is 19.8 Å². The monoisotopic (exact) mass is 361 g/mol. The molecule has 24 heavy (non-hydrogen) atoms. The molecule has 2 rings (SSSR count). The predicted octanol–water partition coefficient (Wildman–Crippen LogP) is 0.379. The molecule has 9 nitrogen and oxygen atoms in total. The standard InChI is InChI=1S/C14H23N3O6S/c1-11-10-13(16-23-11)15-14(18)12-4-3-5-17(12)24(19,20)9-8-22-7-6-21-2/h10,12H,3-9H2,1-2H3,(H,15,16,18). The Morgan fingerprint density at radius 3 is 2.92 bits per heavy atom. The van der Waals surface area contributed by atoms with Crippen LogP contribution < -0.4 is 5.32 Å². The largest absolute Gasteiger partial charge is 0.382 e. The van der Waals surface area contributed by atoms with E-state index >= 15 is 0 Å². The fraction of sp³-hybridized carbons (Fsp3) is 0.714. The molecule has 1 saturated heterocycles. The molecule has 1 aromatic heterocycles. The first kappa shape index (κ1) is 18.8. The molecule has 0 aliphatic carbocycles. The fourth-order valence-electron chi connectivity index (χ4n) is 2.50. The average Bonchev–Trinajstić information content (AvgIpc) is 3.16. The predicted molar refractivity (Wildman–Crippen MR) is 86.1 cm³/mol. The molecule has 10 heteroatoms. The van der Waals surface area contributed by atoms with Gasteiger partial charge in [-0.2, -0.15) is 4.31 Å². The SMILES string of the molecule is COCCOCCS(=O)(=O)N1CCCC1C(=O)Nc1cc(C)on1. The molecule has 1 N–H and O–H groups in total. The molecule has 1 unspecified atom stereocenters. The van der Waals surface area contributed by atoms with Crippen molar-refractivity contribution < 1.29 is 27.2 Å². The third-order valence-corrected chi connectivity index (χ3v) is 5.49. The van der Waals surface area contributed by atoms with Crippen molar-refractivity contribution in [3.63, 3.8) is 0 Å². The van der Waals surface area contributed by atoms with Crippen LogP contribution >= 0.6 is 0 Å². The quantitative estimate of drug-likeness (QED) is 0.633. The second-order valence-electron chi connectivity index (χ2n) is 5.50. The maximum Gasteiger partial charge on any atom is 0.244 e. The highest BCUT2D eigenvalue weighted by molar-refractivity contribution is 7.89. The number of ether oxygens (including phenoxy) is 2. The van der Waals surface area contributed by atoms with E-state index in [1.165, 1.54) is 4.31 Å². The Kier molecular flexibility index (Phi) is 6.72. The number of carbonyl (C=O) groups excluding carboxylic acids is 1. The Balaban J connectivity index is 1.91. The van der Waals surface area contributed by atoms with E-state index in [2.05, 4.69) is 10.5 Å².